The van der Waals surface area contributed by atoms with Crippen LogP contribution >= 0.6 is 0 Å². The third kappa shape index (κ3) is 3.25. The van der Waals surface area contributed by atoms with Gasteiger partial charge in [0.2, 0.25) is 0 Å². The standard InChI is InChI=1S/C16H16N2O3/c1-9-4-5-14(10(2)6-9)18-17-12-7-11(3)15(19)13(8-12)16(20)21/h4-8,19H,1-3H3,(H,20,21). The zero-order valence-corrected chi connectivity index (χ0v) is 12.1. The summed E-state index contributed by atoms with van der Waals surface area (Å²) in [5.74, 6) is -1.44. The van der Waals surface area contributed by atoms with E-state index in [1.54, 1.807) is 13.0 Å². The molecule has 0 atom stereocenters. The molecule has 0 amide bonds. The Balaban J connectivity index is 2.39. The molecule has 2 rings (SSSR count). The fourth-order valence-electron chi connectivity index (χ4n) is 2.01. The number of phenols is 1. The molecule has 0 unspecified atom stereocenters. The number of aromatic hydroxyl groups is 1. The van der Waals surface area contributed by atoms with Gasteiger partial charge in [-0.25, -0.2) is 4.79 Å². The smallest absolute Gasteiger partial charge is 0.339 e. The van der Waals surface area contributed by atoms with Crippen LogP contribution in [0.3, 0.4) is 0 Å². The summed E-state index contributed by atoms with van der Waals surface area (Å²) >= 11 is 0. The molecule has 2 N–H and O–H groups in total. The molecular formula is C16H16N2O3. The maximum Gasteiger partial charge on any atom is 0.339 e. The number of azo groups is 1. The number of carbonyl (C=O) groups is 1. The van der Waals surface area contributed by atoms with Gasteiger partial charge in [0, 0.05) is 0 Å². The largest absolute Gasteiger partial charge is 0.507 e. The van der Waals surface area contributed by atoms with E-state index in [2.05, 4.69) is 10.2 Å². The molecular weight excluding hydrogens is 268 g/mol. The van der Waals surface area contributed by atoms with Gasteiger partial charge < -0.3 is 10.2 Å². The van der Waals surface area contributed by atoms with Crippen molar-refractivity contribution >= 4 is 17.3 Å². The van der Waals surface area contributed by atoms with Crippen molar-refractivity contribution in [3.05, 3.63) is 52.6 Å². The lowest BCUT2D eigenvalue weighted by Gasteiger charge is -2.05. The van der Waals surface area contributed by atoms with Gasteiger partial charge in [0.05, 0.1) is 11.4 Å². The SMILES string of the molecule is Cc1ccc(N=Nc2cc(C)c(O)c(C(=O)O)c2)c(C)c1. The highest BCUT2D eigenvalue weighted by atomic mass is 16.4. The Hall–Kier alpha value is -2.69. The molecule has 0 aliphatic carbocycles. The molecule has 2 aromatic rings. The molecule has 0 aliphatic rings. The second-order valence-corrected chi connectivity index (χ2v) is 4.95. The maximum atomic E-state index is 11.1. The number of nitrogens with zero attached hydrogens (tertiary/aromatic N) is 2. The second kappa shape index (κ2) is 5.75. The minimum absolute atomic E-state index is 0.176. The Bertz CT molecular complexity index is 737. The predicted octanol–water partition coefficient (Wildman–Crippen LogP) is 4.43. The average molecular weight is 284 g/mol. The summed E-state index contributed by atoms with van der Waals surface area (Å²) in [7, 11) is 0. The van der Waals surface area contributed by atoms with E-state index in [1.807, 2.05) is 32.0 Å². The molecule has 0 aliphatic heterocycles. The van der Waals surface area contributed by atoms with Crippen molar-refractivity contribution in [3.8, 4) is 5.75 Å². The van der Waals surface area contributed by atoms with Crippen LogP contribution in [0.1, 0.15) is 27.0 Å². The van der Waals surface area contributed by atoms with Crippen LogP contribution in [0.5, 0.6) is 5.75 Å². The summed E-state index contributed by atoms with van der Waals surface area (Å²) in [6.45, 7) is 5.56. The number of benzene rings is 2. The second-order valence-electron chi connectivity index (χ2n) is 4.95. The number of rotatable bonds is 3. The predicted molar refractivity (Wildman–Crippen MR) is 79.9 cm³/mol. The third-order valence-electron chi connectivity index (χ3n) is 3.14. The number of hydrogen-bond acceptors (Lipinski definition) is 4. The molecule has 0 fully saturated rings. The van der Waals surface area contributed by atoms with Gasteiger partial charge >= 0.3 is 5.97 Å². The Kier molecular flexibility index (Phi) is 4.03. The van der Waals surface area contributed by atoms with Crippen LogP contribution in [0, 0.1) is 20.8 Å². The highest BCUT2D eigenvalue weighted by Gasteiger charge is 2.13. The minimum atomic E-state index is -1.20. The molecule has 5 heteroatoms. The summed E-state index contributed by atoms with van der Waals surface area (Å²) in [6, 6.07) is 8.69. The Morgan fingerprint density at radius 2 is 1.71 bits per heavy atom. The molecule has 2 aromatic carbocycles. The topological polar surface area (TPSA) is 82.2 Å². The summed E-state index contributed by atoms with van der Waals surface area (Å²) in [5.41, 5.74) is 3.52. The molecule has 0 saturated heterocycles. The zero-order valence-electron chi connectivity index (χ0n) is 12.1. The normalized spacial score (nSPS) is 11.0. The number of carboxylic acid groups (broad SMARTS) is 1. The average Bonchev–Trinajstić information content (AvgIpc) is 2.41. The lowest BCUT2D eigenvalue weighted by Crippen LogP contribution is -1.97. The van der Waals surface area contributed by atoms with Crippen molar-refractivity contribution in [1.82, 2.24) is 0 Å². The molecule has 0 heterocycles. The van der Waals surface area contributed by atoms with Gasteiger partial charge in [0.1, 0.15) is 11.3 Å². The first kappa shape index (κ1) is 14.7. The lowest BCUT2D eigenvalue weighted by atomic mass is 10.1. The first-order chi connectivity index (χ1) is 9.88. The summed E-state index contributed by atoms with van der Waals surface area (Å²) < 4.78 is 0. The van der Waals surface area contributed by atoms with Gasteiger partial charge in [-0.3, -0.25) is 0 Å². The Labute approximate surface area is 122 Å². The van der Waals surface area contributed by atoms with Crippen LogP contribution < -0.4 is 0 Å². The highest BCUT2D eigenvalue weighted by Crippen LogP contribution is 2.29. The van der Waals surface area contributed by atoms with Crippen molar-refractivity contribution in [2.45, 2.75) is 20.8 Å². The molecule has 5 nitrogen and oxygen atoms in total. The van der Waals surface area contributed by atoms with Crippen LogP contribution in [-0.2, 0) is 0 Å². The van der Waals surface area contributed by atoms with Crippen LogP contribution in [0.2, 0.25) is 0 Å². The van der Waals surface area contributed by atoms with Crippen LogP contribution in [-0.4, -0.2) is 16.2 Å². The fraction of sp³-hybridized carbons (Fsp3) is 0.188. The van der Waals surface area contributed by atoms with Gasteiger partial charge in [-0.2, -0.15) is 10.2 Å². The van der Waals surface area contributed by atoms with Gasteiger partial charge in [-0.15, -0.1) is 0 Å². The van der Waals surface area contributed by atoms with E-state index in [4.69, 9.17) is 5.11 Å². The van der Waals surface area contributed by atoms with Crippen molar-refractivity contribution in [1.29, 1.82) is 0 Å². The van der Waals surface area contributed by atoms with Crippen molar-refractivity contribution in [2.75, 3.05) is 0 Å². The van der Waals surface area contributed by atoms with Gasteiger partial charge in [-0.1, -0.05) is 17.7 Å². The molecule has 108 valence electrons. The van der Waals surface area contributed by atoms with E-state index < -0.39 is 5.97 Å². The molecule has 0 bridgehead atoms. The van der Waals surface area contributed by atoms with Crippen LogP contribution in [0.4, 0.5) is 11.4 Å². The monoisotopic (exact) mass is 284 g/mol. The number of aryl methyl sites for hydroxylation is 3. The third-order valence-corrected chi connectivity index (χ3v) is 3.14. The fourth-order valence-corrected chi connectivity index (χ4v) is 2.01. The minimum Gasteiger partial charge on any atom is -0.507 e. The highest BCUT2D eigenvalue weighted by molar-refractivity contribution is 5.92. The zero-order chi connectivity index (χ0) is 15.6. The molecule has 0 radical (unpaired) electrons. The number of aromatic carboxylic acids is 1. The lowest BCUT2D eigenvalue weighted by molar-refractivity contribution is 0.0693. The van der Waals surface area contributed by atoms with E-state index >= 15 is 0 Å². The van der Waals surface area contributed by atoms with Crippen LogP contribution in [0.25, 0.3) is 0 Å². The van der Waals surface area contributed by atoms with E-state index in [1.165, 1.54) is 6.07 Å². The van der Waals surface area contributed by atoms with Gasteiger partial charge in [-0.05, 0) is 50.1 Å². The molecule has 0 saturated carbocycles. The summed E-state index contributed by atoms with van der Waals surface area (Å²) in [6.07, 6.45) is 0. The molecule has 0 spiro atoms. The van der Waals surface area contributed by atoms with Crippen LogP contribution in [0.15, 0.2) is 40.6 Å². The number of carboxylic acids is 1. The maximum absolute atomic E-state index is 11.1. The van der Waals surface area contributed by atoms with Crippen molar-refractivity contribution in [3.63, 3.8) is 0 Å². The Morgan fingerprint density at radius 3 is 2.33 bits per heavy atom. The Morgan fingerprint density at radius 1 is 1.00 bits per heavy atom. The van der Waals surface area contributed by atoms with E-state index in [0.717, 1.165) is 16.8 Å². The molecule has 21 heavy (non-hydrogen) atoms. The van der Waals surface area contributed by atoms with Crippen molar-refractivity contribution in [2.24, 2.45) is 10.2 Å². The van der Waals surface area contributed by atoms with Gasteiger partial charge in [0.25, 0.3) is 0 Å². The quantitative estimate of drug-likeness (QED) is 0.818. The van der Waals surface area contributed by atoms with Gasteiger partial charge in [0.15, 0.2) is 0 Å². The van der Waals surface area contributed by atoms with E-state index in [9.17, 15) is 9.90 Å². The molecule has 0 aromatic heterocycles. The van der Waals surface area contributed by atoms with E-state index in [-0.39, 0.29) is 11.3 Å². The first-order valence-electron chi connectivity index (χ1n) is 6.44. The van der Waals surface area contributed by atoms with Crippen molar-refractivity contribution < 1.29 is 15.0 Å². The van der Waals surface area contributed by atoms with E-state index in [0.29, 0.717) is 11.3 Å². The number of hydrogen-bond donors (Lipinski definition) is 2. The summed E-state index contributed by atoms with van der Waals surface area (Å²) in [4.78, 5) is 11.1. The first-order valence-corrected chi connectivity index (χ1v) is 6.44. The summed E-state index contributed by atoms with van der Waals surface area (Å²) in [5, 5.41) is 26.9.